The highest BCUT2D eigenvalue weighted by molar-refractivity contribution is 7.99. The van der Waals surface area contributed by atoms with E-state index in [9.17, 15) is 0 Å². The van der Waals surface area contributed by atoms with E-state index in [2.05, 4.69) is 61.6 Å². The van der Waals surface area contributed by atoms with Gasteiger partial charge in [-0.3, -0.25) is 4.68 Å². The van der Waals surface area contributed by atoms with Gasteiger partial charge in [-0.25, -0.2) is 0 Å². The Hall–Kier alpha value is -1.26. The second kappa shape index (κ2) is 5.85. The predicted octanol–water partition coefficient (Wildman–Crippen LogP) is 3.96. The fourth-order valence-corrected chi connectivity index (χ4v) is 3.74. The maximum Gasteiger partial charge on any atom is 0.0543 e. The summed E-state index contributed by atoms with van der Waals surface area (Å²) in [7, 11) is 0. The normalized spacial score (nSPS) is 18.5. The van der Waals surface area contributed by atoms with Gasteiger partial charge in [0.1, 0.15) is 0 Å². The molecule has 2 heterocycles. The molecule has 1 aliphatic heterocycles. The zero-order valence-electron chi connectivity index (χ0n) is 13.0. The van der Waals surface area contributed by atoms with Gasteiger partial charge in [-0.1, -0.05) is 18.2 Å². The zero-order chi connectivity index (χ0) is 14.9. The van der Waals surface area contributed by atoms with Crippen molar-refractivity contribution in [3.05, 3.63) is 47.8 Å². The molecule has 1 aliphatic rings. The quantitative estimate of drug-likeness (QED) is 0.930. The van der Waals surface area contributed by atoms with Crippen LogP contribution in [0.4, 0.5) is 0 Å². The Balaban J connectivity index is 1.68. The molecule has 0 saturated carbocycles. The molecule has 0 bridgehead atoms. The van der Waals surface area contributed by atoms with Crippen molar-refractivity contribution in [2.45, 2.75) is 50.2 Å². The number of nitrogens with zero attached hydrogens (tertiary/aromatic N) is 2. The van der Waals surface area contributed by atoms with Crippen LogP contribution in [0, 0.1) is 0 Å². The molecule has 3 rings (SSSR count). The fraction of sp³-hybridized carbons (Fsp3) is 0.471. The van der Waals surface area contributed by atoms with E-state index in [1.54, 1.807) is 0 Å². The van der Waals surface area contributed by atoms with Crippen molar-refractivity contribution in [1.29, 1.82) is 0 Å². The van der Waals surface area contributed by atoms with Crippen LogP contribution < -0.4 is 5.32 Å². The van der Waals surface area contributed by atoms with Gasteiger partial charge in [-0.05, 0) is 44.6 Å². The molecule has 0 aliphatic carbocycles. The highest BCUT2D eigenvalue weighted by atomic mass is 32.2. The van der Waals surface area contributed by atoms with Gasteiger partial charge in [0, 0.05) is 29.2 Å². The number of benzene rings is 1. The van der Waals surface area contributed by atoms with E-state index < -0.39 is 0 Å². The fourth-order valence-electron chi connectivity index (χ4n) is 2.61. The summed E-state index contributed by atoms with van der Waals surface area (Å²) >= 11 is 1.97. The lowest BCUT2D eigenvalue weighted by Crippen LogP contribution is -2.24. The number of thioether (sulfide) groups is 1. The molecule has 1 atom stereocenters. The minimum absolute atomic E-state index is 0.0479. The Morgan fingerprint density at radius 3 is 2.90 bits per heavy atom. The smallest absolute Gasteiger partial charge is 0.0543 e. The predicted molar refractivity (Wildman–Crippen MR) is 88.6 cm³/mol. The molecule has 0 amide bonds. The highest BCUT2D eigenvalue weighted by Gasteiger charge is 2.20. The summed E-state index contributed by atoms with van der Waals surface area (Å²) in [6, 6.07) is 9.20. The summed E-state index contributed by atoms with van der Waals surface area (Å²) in [5.41, 5.74) is 2.74. The molecular weight excluding hydrogens is 278 g/mol. The summed E-state index contributed by atoms with van der Waals surface area (Å²) in [4.78, 5) is 1.42. The first-order valence-corrected chi connectivity index (χ1v) is 8.52. The first-order valence-electron chi connectivity index (χ1n) is 7.53. The number of hydrogen-bond acceptors (Lipinski definition) is 3. The Labute approximate surface area is 131 Å². The molecule has 0 spiro atoms. The highest BCUT2D eigenvalue weighted by Crippen LogP contribution is 2.35. The largest absolute Gasteiger partial charge is 0.306 e. The summed E-state index contributed by atoms with van der Waals surface area (Å²) in [5.74, 6) is 1.19. The van der Waals surface area contributed by atoms with E-state index in [1.807, 2.05) is 22.6 Å². The molecule has 1 N–H and O–H groups in total. The number of nitrogens with one attached hydrogen (secondary N) is 1. The lowest BCUT2D eigenvalue weighted by molar-refractivity contribution is 0.355. The molecule has 21 heavy (non-hydrogen) atoms. The van der Waals surface area contributed by atoms with Crippen molar-refractivity contribution in [1.82, 2.24) is 15.1 Å². The molecule has 1 aromatic heterocycles. The van der Waals surface area contributed by atoms with Crippen LogP contribution in [0.3, 0.4) is 0 Å². The Morgan fingerprint density at radius 1 is 1.33 bits per heavy atom. The van der Waals surface area contributed by atoms with Gasteiger partial charge < -0.3 is 5.32 Å². The lowest BCUT2D eigenvalue weighted by atomic mass is 10.0. The summed E-state index contributed by atoms with van der Waals surface area (Å²) in [6.07, 6.45) is 5.31. The Kier molecular flexibility index (Phi) is 4.09. The molecular formula is C17H23N3S. The zero-order valence-corrected chi connectivity index (χ0v) is 13.8. The van der Waals surface area contributed by atoms with Gasteiger partial charge in [0.25, 0.3) is 0 Å². The summed E-state index contributed by atoms with van der Waals surface area (Å²) in [5, 5.41) is 8.16. The van der Waals surface area contributed by atoms with E-state index in [1.165, 1.54) is 28.2 Å². The average molecular weight is 301 g/mol. The average Bonchev–Trinajstić information content (AvgIpc) is 2.94. The monoisotopic (exact) mass is 301 g/mol. The third kappa shape index (κ3) is 3.33. The van der Waals surface area contributed by atoms with Crippen molar-refractivity contribution in [2.75, 3.05) is 5.75 Å². The van der Waals surface area contributed by atoms with Gasteiger partial charge in [0.2, 0.25) is 0 Å². The lowest BCUT2D eigenvalue weighted by Gasteiger charge is -2.25. The Morgan fingerprint density at radius 2 is 2.14 bits per heavy atom. The van der Waals surface area contributed by atoms with Crippen molar-refractivity contribution in [2.24, 2.45) is 0 Å². The van der Waals surface area contributed by atoms with E-state index >= 15 is 0 Å². The second-order valence-electron chi connectivity index (χ2n) is 6.57. The topological polar surface area (TPSA) is 29.9 Å². The van der Waals surface area contributed by atoms with Crippen molar-refractivity contribution >= 4 is 11.8 Å². The van der Waals surface area contributed by atoms with E-state index in [0.717, 1.165) is 6.54 Å². The molecule has 4 heteroatoms. The third-order valence-electron chi connectivity index (χ3n) is 3.83. The van der Waals surface area contributed by atoms with Crippen molar-refractivity contribution < 1.29 is 0 Å². The first kappa shape index (κ1) is 14.7. The molecule has 1 unspecified atom stereocenters. The van der Waals surface area contributed by atoms with E-state index in [4.69, 9.17) is 0 Å². The molecule has 0 radical (unpaired) electrons. The van der Waals surface area contributed by atoms with Crippen molar-refractivity contribution in [3.63, 3.8) is 0 Å². The standard InChI is InChI=1S/C17H23N3S/c1-17(2,3)20-12-13(11-19-20)10-18-15-8-9-21-16-7-5-4-6-14(15)16/h4-7,11-12,15,18H,8-10H2,1-3H3. The van der Waals surface area contributed by atoms with E-state index in [-0.39, 0.29) is 5.54 Å². The maximum absolute atomic E-state index is 4.47. The minimum atomic E-state index is 0.0479. The van der Waals surface area contributed by atoms with Crippen molar-refractivity contribution in [3.8, 4) is 0 Å². The van der Waals surface area contributed by atoms with Gasteiger partial charge in [0.05, 0.1) is 11.7 Å². The number of fused-ring (bicyclic) bond motifs is 1. The van der Waals surface area contributed by atoms with Crippen LogP contribution in [0.25, 0.3) is 0 Å². The van der Waals surface area contributed by atoms with Gasteiger partial charge in [0.15, 0.2) is 0 Å². The van der Waals surface area contributed by atoms with Gasteiger partial charge in [-0.2, -0.15) is 5.10 Å². The minimum Gasteiger partial charge on any atom is -0.306 e. The number of rotatable bonds is 3. The van der Waals surface area contributed by atoms with Gasteiger partial charge in [-0.15, -0.1) is 11.8 Å². The van der Waals surface area contributed by atoms with Crippen LogP contribution in [0.1, 0.15) is 44.4 Å². The van der Waals surface area contributed by atoms with Crippen LogP contribution in [-0.2, 0) is 12.1 Å². The third-order valence-corrected chi connectivity index (χ3v) is 4.96. The molecule has 2 aromatic rings. The molecule has 0 fully saturated rings. The Bertz CT molecular complexity index is 612. The first-order chi connectivity index (χ1) is 10.0. The summed E-state index contributed by atoms with van der Waals surface area (Å²) < 4.78 is 2.04. The summed E-state index contributed by atoms with van der Waals surface area (Å²) in [6.45, 7) is 7.39. The van der Waals surface area contributed by atoms with Crippen LogP contribution in [0.2, 0.25) is 0 Å². The molecule has 1 aromatic carbocycles. The maximum atomic E-state index is 4.47. The molecule has 0 saturated heterocycles. The SMILES string of the molecule is CC(C)(C)n1cc(CNC2CCSc3ccccc32)cn1. The van der Waals surface area contributed by atoms with Gasteiger partial charge >= 0.3 is 0 Å². The second-order valence-corrected chi connectivity index (χ2v) is 7.71. The molecule has 112 valence electrons. The molecule has 3 nitrogen and oxygen atoms in total. The van der Waals surface area contributed by atoms with Crippen LogP contribution in [0.15, 0.2) is 41.6 Å². The van der Waals surface area contributed by atoms with E-state index in [0.29, 0.717) is 6.04 Å². The number of aromatic nitrogens is 2. The van der Waals surface area contributed by atoms with Crippen LogP contribution in [0.5, 0.6) is 0 Å². The van der Waals surface area contributed by atoms with Crippen LogP contribution in [-0.4, -0.2) is 15.5 Å². The number of hydrogen-bond donors (Lipinski definition) is 1. The van der Waals surface area contributed by atoms with Crippen LogP contribution >= 0.6 is 11.8 Å².